The smallest absolute Gasteiger partial charge is 0.259 e. The third kappa shape index (κ3) is 3.46. The fourth-order valence-electron chi connectivity index (χ4n) is 2.17. The number of anilines is 2. The molecule has 0 radical (unpaired) electrons. The van der Waals surface area contributed by atoms with Crippen LogP contribution in [-0.4, -0.2) is 36.6 Å². The zero-order valence-electron chi connectivity index (χ0n) is 13.7. The van der Waals surface area contributed by atoms with Crippen molar-refractivity contribution >= 4 is 38.4 Å². The van der Waals surface area contributed by atoms with Gasteiger partial charge in [-0.25, -0.2) is 9.97 Å². The van der Waals surface area contributed by atoms with Crippen molar-refractivity contribution in [1.82, 2.24) is 9.97 Å². The molecule has 0 bridgehead atoms. The van der Waals surface area contributed by atoms with Gasteiger partial charge in [-0.1, -0.05) is 11.3 Å². The van der Waals surface area contributed by atoms with E-state index in [9.17, 15) is 4.79 Å². The SMILES string of the molecule is CCOc1ccc2nc(NC(=O)c3ccc(N(C)C)nc3)sc2c1. The molecule has 0 unspecified atom stereocenters. The van der Waals surface area contributed by atoms with Crippen molar-refractivity contribution in [2.75, 3.05) is 30.9 Å². The van der Waals surface area contributed by atoms with E-state index in [1.807, 2.05) is 50.2 Å². The number of ether oxygens (including phenoxy) is 1. The summed E-state index contributed by atoms with van der Waals surface area (Å²) in [5.74, 6) is 1.38. The van der Waals surface area contributed by atoms with Crippen molar-refractivity contribution in [3.63, 3.8) is 0 Å². The molecule has 0 aliphatic heterocycles. The Kier molecular flexibility index (Phi) is 4.61. The van der Waals surface area contributed by atoms with Gasteiger partial charge in [0.1, 0.15) is 11.6 Å². The van der Waals surface area contributed by atoms with Gasteiger partial charge in [0.25, 0.3) is 5.91 Å². The van der Waals surface area contributed by atoms with Gasteiger partial charge in [-0.15, -0.1) is 0 Å². The fourth-order valence-corrected chi connectivity index (χ4v) is 3.06. The lowest BCUT2D eigenvalue weighted by atomic mass is 10.2. The van der Waals surface area contributed by atoms with Gasteiger partial charge in [-0.2, -0.15) is 0 Å². The van der Waals surface area contributed by atoms with E-state index in [0.717, 1.165) is 21.8 Å². The molecular formula is C17H18N4O2S. The van der Waals surface area contributed by atoms with Crippen molar-refractivity contribution in [2.45, 2.75) is 6.92 Å². The van der Waals surface area contributed by atoms with E-state index in [-0.39, 0.29) is 5.91 Å². The number of thiazole rings is 1. The van der Waals surface area contributed by atoms with Gasteiger partial charge in [-0.05, 0) is 37.3 Å². The summed E-state index contributed by atoms with van der Waals surface area (Å²) in [6.45, 7) is 2.56. The molecule has 124 valence electrons. The molecule has 1 N–H and O–H groups in total. The number of benzene rings is 1. The second-order valence-electron chi connectivity index (χ2n) is 5.34. The molecular weight excluding hydrogens is 324 g/mol. The zero-order valence-corrected chi connectivity index (χ0v) is 14.6. The highest BCUT2D eigenvalue weighted by molar-refractivity contribution is 7.22. The van der Waals surface area contributed by atoms with Crippen LogP contribution in [0.15, 0.2) is 36.5 Å². The Hall–Kier alpha value is -2.67. The van der Waals surface area contributed by atoms with E-state index in [1.165, 1.54) is 11.3 Å². The van der Waals surface area contributed by atoms with Crippen LogP contribution in [0.3, 0.4) is 0 Å². The summed E-state index contributed by atoms with van der Waals surface area (Å²) >= 11 is 1.42. The summed E-state index contributed by atoms with van der Waals surface area (Å²) in [6, 6.07) is 9.25. The molecule has 0 atom stereocenters. The van der Waals surface area contributed by atoms with Gasteiger partial charge >= 0.3 is 0 Å². The van der Waals surface area contributed by atoms with Crippen molar-refractivity contribution in [1.29, 1.82) is 0 Å². The number of aromatic nitrogens is 2. The molecule has 2 heterocycles. The van der Waals surface area contributed by atoms with Gasteiger partial charge in [0.15, 0.2) is 5.13 Å². The van der Waals surface area contributed by atoms with E-state index in [0.29, 0.717) is 17.3 Å². The summed E-state index contributed by atoms with van der Waals surface area (Å²) in [7, 11) is 3.80. The molecule has 0 aliphatic rings. The number of fused-ring (bicyclic) bond motifs is 1. The number of carbonyl (C=O) groups excluding carboxylic acids is 1. The summed E-state index contributed by atoms with van der Waals surface area (Å²) < 4.78 is 6.45. The van der Waals surface area contributed by atoms with Crippen LogP contribution in [-0.2, 0) is 0 Å². The van der Waals surface area contributed by atoms with E-state index in [4.69, 9.17) is 4.74 Å². The molecule has 0 saturated carbocycles. The highest BCUT2D eigenvalue weighted by atomic mass is 32.1. The Balaban J connectivity index is 1.77. The molecule has 0 aliphatic carbocycles. The lowest BCUT2D eigenvalue weighted by Crippen LogP contribution is -2.14. The standard InChI is InChI=1S/C17H18N4O2S/c1-4-23-12-6-7-13-14(9-12)24-17(19-13)20-16(22)11-5-8-15(18-10-11)21(2)3/h5-10H,4H2,1-3H3,(H,19,20,22). The molecule has 1 amide bonds. The van der Waals surface area contributed by atoms with Gasteiger partial charge < -0.3 is 9.64 Å². The third-order valence-electron chi connectivity index (χ3n) is 3.36. The topological polar surface area (TPSA) is 67.3 Å². The molecule has 3 rings (SSSR count). The number of hydrogen-bond donors (Lipinski definition) is 1. The normalized spacial score (nSPS) is 10.6. The lowest BCUT2D eigenvalue weighted by molar-refractivity contribution is 0.102. The number of hydrogen-bond acceptors (Lipinski definition) is 6. The van der Waals surface area contributed by atoms with Crippen molar-refractivity contribution in [2.24, 2.45) is 0 Å². The molecule has 2 aromatic heterocycles. The number of amides is 1. The monoisotopic (exact) mass is 342 g/mol. The fraction of sp³-hybridized carbons (Fsp3) is 0.235. The molecule has 0 saturated heterocycles. The molecule has 24 heavy (non-hydrogen) atoms. The molecule has 1 aromatic carbocycles. The largest absolute Gasteiger partial charge is 0.494 e. The van der Waals surface area contributed by atoms with Crippen molar-refractivity contribution < 1.29 is 9.53 Å². The van der Waals surface area contributed by atoms with Crippen LogP contribution in [0.25, 0.3) is 10.2 Å². The second-order valence-corrected chi connectivity index (χ2v) is 6.37. The second kappa shape index (κ2) is 6.84. The Labute approximate surface area is 144 Å². The minimum atomic E-state index is -0.225. The minimum Gasteiger partial charge on any atom is -0.494 e. The maximum atomic E-state index is 12.3. The molecule has 6 nitrogen and oxygen atoms in total. The maximum absolute atomic E-state index is 12.3. The average molecular weight is 342 g/mol. The summed E-state index contributed by atoms with van der Waals surface area (Å²) in [5.41, 5.74) is 1.33. The predicted molar refractivity (Wildman–Crippen MR) is 97.3 cm³/mol. The average Bonchev–Trinajstić information content (AvgIpc) is 2.96. The predicted octanol–water partition coefficient (Wildman–Crippen LogP) is 3.41. The lowest BCUT2D eigenvalue weighted by Gasteiger charge is -2.10. The van der Waals surface area contributed by atoms with E-state index < -0.39 is 0 Å². The first-order chi connectivity index (χ1) is 11.6. The van der Waals surface area contributed by atoms with Gasteiger partial charge in [-0.3, -0.25) is 10.1 Å². The van der Waals surface area contributed by atoms with Crippen LogP contribution < -0.4 is 15.0 Å². The van der Waals surface area contributed by atoms with Crippen LogP contribution in [0.2, 0.25) is 0 Å². The van der Waals surface area contributed by atoms with Gasteiger partial charge in [0, 0.05) is 20.3 Å². The first-order valence-electron chi connectivity index (χ1n) is 7.55. The maximum Gasteiger partial charge on any atom is 0.259 e. The number of pyridine rings is 1. The third-order valence-corrected chi connectivity index (χ3v) is 4.29. The molecule has 0 spiro atoms. The quantitative estimate of drug-likeness (QED) is 0.769. The van der Waals surface area contributed by atoms with Crippen LogP contribution in [0, 0.1) is 0 Å². The number of carbonyl (C=O) groups is 1. The first kappa shape index (κ1) is 16.2. The van der Waals surface area contributed by atoms with E-state index in [1.54, 1.807) is 12.3 Å². The van der Waals surface area contributed by atoms with Gasteiger partial charge in [0.05, 0.1) is 22.4 Å². The van der Waals surface area contributed by atoms with Crippen LogP contribution >= 0.6 is 11.3 Å². The Bertz CT molecular complexity index is 859. The molecule has 7 heteroatoms. The number of nitrogens with zero attached hydrogens (tertiary/aromatic N) is 3. The first-order valence-corrected chi connectivity index (χ1v) is 8.36. The highest BCUT2D eigenvalue weighted by Crippen LogP contribution is 2.29. The molecule has 3 aromatic rings. The Morgan fingerprint density at radius 3 is 2.79 bits per heavy atom. The van der Waals surface area contributed by atoms with E-state index >= 15 is 0 Å². The van der Waals surface area contributed by atoms with Crippen LogP contribution in [0.4, 0.5) is 10.9 Å². The van der Waals surface area contributed by atoms with Crippen LogP contribution in [0.1, 0.15) is 17.3 Å². The summed E-state index contributed by atoms with van der Waals surface area (Å²) in [6.07, 6.45) is 1.56. The van der Waals surface area contributed by atoms with Crippen molar-refractivity contribution in [3.8, 4) is 5.75 Å². The molecule has 0 fully saturated rings. The van der Waals surface area contributed by atoms with Gasteiger partial charge in [0.2, 0.25) is 0 Å². The summed E-state index contributed by atoms with van der Waals surface area (Å²) in [5, 5.41) is 3.38. The highest BCUT2D eigenvalue weighted by Gasteiger charge is 2.11. The number of rotatable bonds is 5. The Morgan fingerprint density at radius 2 is 2.12 bits per heavy atom. The van der Waals surface area contributed by atoms with Crippen LogP contribution in [0.5, 0.6) is 5.75 Å². The number of nitrogens with one attached hydrogen (secondary N) is 1. The zero-order chi connectivity index (χ0) is 17.1. The Morgan fingerprint density at radius 1 is 1.29 bits per heavy atom. The summed E-state index contributed by atoms with van der Waals surface area (Å²) in [4.78, 5) is 22.9. The van der Waals surface area contributed by atoms with Crippen molar-refractivity contribution in [3.05, 3.63) is 42.1 Å². The van der Waals surface area contributed by atoms with E-state index in [2.05, 4.69) is 15.3 Å². The minimum absolute atomic E-state index is 0.225.